The molecular weight excluding hydrogens is 224 g/mol. The van der Waals surface area contributed by atoms with Crippen LogP contribution in [0.25, 0.3) is 0 Å². The van der Waals surface area contributed by atoms with Gasteiger partial charge in [-0.2, -0.15) is 0 Å². The molecule has 2 N–H and O–H groups in total. The van der Waals surface area contributed by atoms with Gasteiger partial charge in [0.25, 0.3) is 0 Å². The van der Waals surface area contributed by atoms with Gasteiger partial charge in [0.15, 0.2) is 0 Å². The number of carbonyl (C=O) groups is 4. The van der Waals surface area contributed by atoms with Crippen molar-refractivity contribution >= 4 is 23.6 Å². The van der Waals surface area contributed by atoms with Crippen molar-refractivity contribution in [3.8, 4) is 0 Å². The predicted molar refractivity (Wildman–Crippen MR) is 58.5 cm³/mol. The molecule has 2 rings (SSSR count). The fourth-order valence-electron chi connectivity index (χ4n) is 1.70. The molecule has 0 bridgehead atoms. The first-order valence-electron chi connectivity index (χ1n) is 5.69. The molecule has 0 aromatic carbocycles. The number of carbonyl (C=O) groups excluding carboxylic acids is 4. The Morgan fingerprint density at radius 1 is 1.00 bits per heavy atom. The van der Waals surface area contributed by atoms with Gasteiger partial charge in [-0.3, -0.25) is 29.8 Å². The van der Waals surface area contributed by atoms with Crippen LogP contribution in [-0.4, -0.2) is 23.6 Å². The summed E-state index contributed by atoms with van der Waals surface area (Å²) >= 11 is 0. The minimum atomic E-state index is -0.148. The maximum atomic E-state index is 10.8. The van der Waals surface area contributed by atoms with Crippen molar-refractivity contribution in [1.29, 1.82) is 0 Å². The molecule has 2 aliphatic heterocycles. The van der Waals surface area contributed by atoms with Gasteiger partial charge in [-0.25, -0.2) is 0 Å². The monoisotopic (exact) mass is 240 g/mol. The lowest BCUT2D eigenvalue weighted by Crippen LogP contribution is -2.21. The second-order valence-electron chi connectivity index (χ2n) is 4.07. The van der Waals surface area contributed by atoms with Gasteiger partial charge in [-0.1, -0.05) is 13.3 Å². The smallest absolute Gasteiger partial charge is 0.230 e. The number of nitrogens with one attached hydrogen (secondary N) is 2. The molecule has 0 saturated carbocycles. The summed E-state index contributed by atoms with van der Waals surface area (Å²) in [5, 5.41) is 4.41. The second kappa shape index (κ2) is 6.12. The van der Waals surface area contributed by atoms with E-state index in [9.17, 15) is 19.2 Å². The minimum Gasteiger partial charge on any atom is -0.296 e. The zero-order chi connectivity index (χ0) is 12.8. The highest BCUT2D eigenvalue weighted by molar-refractivity contribution is 6.03. The topological polar surface area (TPSA) is 92.3 Å². The predicted octanol–water partition coefficient (Wildman–Crippen LogP) is -0.128. The van der Waals surface area contributed by atoms with Crippen molar-refractivity contribution in [2.24, 2.45) is 5.92 Å². The summed E-state index contributed by atoms with van der Waals surface area (Å²) in [7, 11) is 0. The lowest BCUT2D eigenvalue weighted by atomic mass is 10.0. The van der Waals surface area contributed by atoms with Gasteiger partial charge in [-0.05, 0) is 6.42 Å². The maximum absolute atomic E-state index is 10.8. The minimum absolute atomic E-state index is 0.0440. The van der Waals surface area contributed by atoms with Crippen molar-refractivity contribution < 1.29 is 19.2 Å². The number of amides is 4. The van der Waals surface area contributed by atoms with E-state index in [-0.39, 0.29) is 29.5 Å². The highest BCUT2D eigenvalue weighted by Crippen LogP contribution is 2.15. The van der Waals surface area contributed by atoms with Gasteiger partial charge in [-0.15, -0.1) is 0 Å². The van der Waals surface area contributed by atoms with E-state index >= 15 is 0 Å². The molecule has 2 aliphatic rings. The number of hydrogen-bond acceptors (Lipinski definition) is 4. The van der Waals surface area contributed by atoms with Crippen molar-refractivity contribution in [1.82, 2.24) is 10.6 Å². The van der Waals surface area contributed by atoms with Gasteiger partial charge in [0.2, 0.25) is 23.6 Å². The zero-order valence-corrected chi connectivity index (χ0v) is 9.75. The Bertz CT molecular complexity index is 337. The third kappa shape index (κ3) is 4.34. The Hall–Kier alpha value is -1.72. The van der Waals surface area contributed by atoms with Gasteiger partial charge in [0, 0.05) is 25.2 Å². The van der Waals surface area contributed by atoms with Gasteiger partial charge < -0.3 is 0 Å². The van der Waals surface area contributed by atoms with Gasteiger partial charge in [0.1, 0.15) is 0 Å². The number of rotatable bonds is 2. The summed E-state index contributed by atoms with van der Waals surface area (Å²) in [6.07, 6.45) is 2.94. The van der Waals surface area contributed by atoms with E-state index in [4.69, 9.17) is 0 Å². The molecule has 0 radical (unpaired) electrons. The molecular formula is C11H16N2O4. The van der Waals surface area contributed by atoms with Crippen LogP contribution in [0, 0.1) is 5.92 Å². The van der Waals surface area contributed by atoms with Crippen molar-refractivity contribution in [2.75, 3.05) is 0 Å². The molecule has 2 saturated heterocycles. The van der Waals surface area contributed by atoms with Gasteiger partial charge >= 0.3 is 0 Å². The molecule has 1 atom stereocenters. The van der Waals surface area contributed by atoms with Crippen LogP contribution < -0.4 is 10.6 Å². The maximum Gasteiger partial charge on any atom is 0.230 e. The summed E-state index contributed by atoms with van der Waals surface area (Å²) in [6.45, 7) is 2.01. The fourth-order valence-corrected chi connectivity index (χ4v) is 1.70. The third-order valence-electron chi connectivity index (χ3n) is 2.56. The summed E-state index contributed by atoms with van der Waals surface area (Å²) in [6, 6.07) is 0. The van der Waals surface area contributed by atoms with Crippen LogP contribution in [0.5, 0.6) is 0 Å². The van der Waals surface area contributed by atoms with E-state index in [1.165, 1.54) is 0 Å². The Morgan fingerprint density at radius 3 is 1.88 bits per heavy atom. The molecule has 6 heteroatoms. The summed E-state index contributed by atoms with van der Waals surface area (Å²) < 4.78 is 0. The zero-order valence-electron chi connectivity index (χ0n) is 9.75. The molecule has 94 valence electrons. The largest absolute Gasteiger partial charge is 0.296 e. The van der Waals surface area contributed by atoms with E-state index in [0.29, 0.717) is 19.3 Å². The summed E-state index contributed by atoms with van der Waals surface area (Å²) in [5.41, 5.74) is 0. The Morgan fingerprint density at radius 2 is 1.59 bits per heavy atom. The summed E-state index contributed by atoms with van der Waals surface area (Å²) in [4.78, 5) is 41.7. The molecule has 17 heavy (non-hydrogen) atoms. The van der Waals surface area contributed by atoms with Crippen molar-refractivity contribution in [3.05, 3.63) is 0 Å². The molecule has 0 aliphatic carbocycles. The van der Waals surface area contributed by atoms with E-state index in [2.05, 4.69) is 10.6 Å². The molecule has 2 heterocycles. The van der Waals surface area contributed by atoms with E-state index in [0.717, 1.165) is 12.8 Å². The first kappa shape index (κ1) is 13.3. The standard InChI is InChI=1S/C7H11NO2.C4H5NO2/c1-2-3-5-4-6(9)8-7(5)10;6-3-1-2-4(7)5-3/h5H,2-4H2,1H3,(H,8,9,10);1-2H2,(H,5,6,7). The van der Waals surface area contributed by atoms with E-state index in [1.807, 2.05) is 6.92 Å². The number of imide groups is 2. The van der Waals surface area contributed by atoms with Crippen LogP contribution in [0.3, 0.4) is 0 Å². The first-order chi connectivity index (χ1) is 8.02. The van der Waals surface area contributed by atoms with Crippen molar-refractivity contribution in [2.45, 2.75) is 39.0 Å². The lowest BCUT2D eigenvalue weighted by molar-refractivity contribution is -0.127. The van der Waals surface area contributed by atoms with Crippen LogP contribution in [0.2, 0.25) is 0 Å². The van der Waals surface area contributed by atoms with E-state index in [1.54, 1.807) is 0 Å². The summed E-state index contributed by atoms with van der Waals surface area (Å²) in [5.74, 6) is -0.553. The lowest BCUT2D eigenvalue weighted by Gasteiger charge is -1.99. The fraction of sp³-hybridized carbons (Fsp3) is 0.636. The van der Waals surface area contributed by atoms with Gasteiger partial charge in [0.05, 0.1) is 0 Å². The Balaban J connectivity index is 0.000000181. The third-order valence-corrected chi connectivity index (χ3v) is 2.56. The average Bonchev–Trinajstić information content (AvgIpc) is 2.75. The molecule has 1 unspecified atom stereocenters. The molecule has 2 fully saturated rings. The Labute approximate surface area is 99.1 Å². The van der Waals surface area contributed by atoms with Crippen LogP contribution >= 0.6 is 0 Å². The quantitative estimate of drug-likeness (QED) is 0.658. The van der Waals surface area contributed by atoms with Crippen LogP contribution in [0.1, 0.15) is 39.0 Å². The molecule has 0 aromatic heterocycles. The molecule has 4 amide bonds. The van der Waals surface area contributed by atoms with Crippen molar-refractivity contribution in [3.63, 3.8) is 0 Å². The van der Waals surface area contributed by atoms with E-state index < -0.39 is 0 Å². The highest BCUT2D eigenvalue weighted by Gasteiger charge is 2.28. The molecule has 0 aromatic rings. The first-order valence-corrected chi connectivity index (χ1v) is 5.69. The highest BCUT2D eigenvalue weighted by atomic mass is 16.2. The normalized spacial score (nSPS) is 23.0. The van der Waals surface area contributed by atoms with Crippen LogP contribution in [0.15, 0.2) is 0 Å². The van der Waals surface area contributed by atoms with Crippen LogP contribution in [-0.2, 0) is 19.2 Å². The molecule has 0 spiro atoms. The second-order valence-corrected chi connectivity index (χ2v) is 4.07. The number of hydrogen-bond donors (Lipinski definition) is 2. The Kier molecular flexibility index (Phi) is 4.81. The SMILES string of the molecule is CCCC1CC(=O)NC1=O.O=C1CCC(=O)N1. The molecule has 6 nitrogen and oxygen atoms in total. The van der Waals surface area contributed by atoms with Crippen LogP contribution in [0.4, 0.5) is 0 Å². The average molecular weight is 240 g/mol.